The summed E-state index contributed by atoms with van der Waals surface area (Å²) in [5.41, 5.74) is 3.49. The van der Waals surface area contributed by atoms with Crippen molar-refractivity contribution in [1.82, 2.24) is 5.32 Å². The van der Waals surface area contributed by atoms with Gasteiger partial charge < -0.3 is 10.4 Å². The molecule has 0 aromatic heterocycles. The Hall–Kier alpha value is -1.65. The molecule has 104 valence electrons. The van der Waals surface area contributed by atoms with Gasteiger partial charge in [-0.2, -0.15) is 0 Å². The molecule has 4 heteroatoms. The number of carbonyl (C=O) groups is 1. The van der Waals surface area contributed by atoms with Gasteiger partial charge in [0, 0.05) is 16.6 Å². The zero-order valence-electron chi connectivity index (χ0n) is 11.2. The number of rotatable bonds is 4. The Bertz CT molecular complexity index is 608. The topological polar surface area (TPSA) is 49.3 Å². The molecule has 2 aromatic carbocycles. The predicted molar refractivity (Wildman–Crippen MR) is 82.4 cm³/mol. The lowest BCUT2D eigenvalue weighted by Gasteiger charge is -2.08. The minimum atomic E-state index is -0.0822. The van der Waals surface area contributed by atoms with E-state index in [1.807, 2.05) is 49.4 Å². The van der Waals surface area contributed by atoms with Crippen molar-refractivity contribution in [1.29, 1.82) is 0 Å². The van der Waals surface area contributed by atoms with Gasteiger partial charge in [-0.15, -0.1) is 0 Å². The van der Waals surface area contributed by atoms with Crippen molar-refractivity contribution >= 4 is 21.8 Å². The van der Waals surface area contributed by atoms with Gasteiger partial charge in [-0.1, -0.05) is 40.2 Å². The number of benzene rings is 2. The SMILES string of the molecule is Cc1cc(Br)ccc1C(=O)NCc1ccc(CO)cc1. The molecule has 2 aromatic rings. The monoisotopic (exact) mass is 333 g/mol. The van der Waals surface area contributed by atoms with Gasteiger partial charge in [-0.25, -0.2) is 0 Å². The van der Waals surface area contributed by atoms with Crippen LogP contribution in [0.1, 0.15) is 27.0 Å². The number of aliphatic hydroxyl groups excluding tert-OH is 1. The van der Waals surface area contributed by atoms with Crippen LogP contribution >= 0.6 is 15.9 Å². The van der Waals surface area contributed by atoms with Gasteiger partial charge in [0.15, 0.2) is 0 Å². The second kappa shape index (κ2) is 6.68. The maximum Gasteiger partial charge on any atom is 0.251 e. The van der Waals surface area contributed by atoms with Crippen molar-refractivity contribution in [3.63, 3.8) is 0 Å². The van der Waals surface area contributed by atoms with Gasteiger partial charge in [0.05, 0.1) is 6.61 Å². The van der Waals surface area contributed by atoms with E-state index in [1.165, 1.54) is 0 Å². The minimum absolute atomic E-state index is 0.0325. The molecule has 1 amide bonds. The lowest BCUT2D eigenvalue weighted by atomic mass is 10.1. The summed E-state index contributed by atoms with van der Waals surface area (Å²) < 4.78 is 0.964. The molecule has 2 rings (SSSR count). The molecular weight excluding hydrogens is 318 g/mol. The van der Waals surface area contributed by atoms with Crippen molar-refractivity contribution in [2.24, 2.45) is 0 Å². The number of amides is 1. The number of carbonyl (C=O) groups excluding carboxylic acids is 1. The molecule has 0 fully saturated rings. The zero-order valence-corrected chi connectivity index (χ0v) is 12.8. The molecule has 0 atom stereocenters. The molecule has 0 unspecified atom stereocenters. The van der Waals surface area contributed by atoms with Crippen molar-refractivity contribution in [3.05, 3.63) is 69.2 Å². The highest BCUT2D eigenvalue weighted by molar-refractivity contribution is 9.10. The van der Waals surface area contributed by atoms with Crippen molar-refractivity contribution in [2.75, 3.05) is 0 Å². The second-order valence-electron chi connectivity index (χ2n) is 4.62. The van der Waals surface area contributed by atoms with E-state index in [0.717, 1.165) is 21.2 Å². The first kappa shape index (κ1) is 14.8. The van der Waals surface area contributed by atoms with Crippen molar-refractivity contribution < 1.29 is 9.90 Å². The summed E-state index contributed by atoms with van der Waals surface area (Å²) in [5.74, 6) is -0.0822. The summed E-state index contributed by atoms with van der Waals surface area (Å²) in [6.45, 7) is 2.42. The smallest absolute Gasteiger partial charge is 0.251 e. The van der Waals surface area contributed by atoms with Crippen LogP contribution in [0.2, 0.25) is 0 Å². The molecule has 0 spiro atoms. The van der Waals surface area contributed by atoms with E-state index in [1.54, 1.807) is 0 Å². The van der Waals surface area contributed by atoms with E-state index in [9.17, 15) is 4.79 Å². The summed E-state index contributed by atoms with van der Waals surface area (Å²) in [6, 6.07) is 13.1. The molecule has 0 saturated carbocycles. The van der Waals surface area contributed by atoms with Gasteiger partial charge in [0.2, 0.25) is 0 Å². The van der Waals surface area contributed by atoms with E-state index in [0.29, 0.717) is 12.1 Å². The summed E-state index contributed by atoms with van der Waals surface area (Å²) >= 11 is 3.38. The third kappa shape index (κ3) is 3.68. The molecule has 3 nitrogen and oxygen atoms in total. The molecule has 2 N–H and O–H groups in total. The quantitative estimate of drug-likeness (QED) is 0.902. The Balaban J connectivity index is 2.00. The standard InChI is InChI=1S/C16H16BrNO2/c1-11-8-14(17)6-7-15(11)16(20)18-9-12-2-4-13(10-19)5-3-12/h2-8,19H,9-10H2,1H3,(H,18,20). The first-order valence-corrected chi connectivity index (χ1v) is 7.12. The Kier molecular flexibility index (Phi) is 4.93. The maximum atomic E-state index is 12.1. The van der Waals surface area contributed by atoms with Crippen LogP contribution in [0.3, 0.4) is 0 Å². The third-order valence-electron chi connectivity index (χ3n) is 3.09. The van der Waals surface area contributed by atoms with E-state index >= 15 is 0 Å². The fourth-order valence-electron chi connectivity index (χ4n) is 1.92. The first-order chi connectivity index (χ1) is 9.60. The van der Waals surface area contributed by atoms with Gasteiger partial charge in [0.1, 0.15) is 0 Å². The predicted octanol–water partition coefficient (Wildman–Crippen LogP) is 3.18. The van der Waals surface area contributed by atoms with Crippen molar-refractivity contribution in [2.45, 2.75) is 20.1 Å². The second-order valence-corrected chi connectivity index (χ2v) is 5.53. The van der Waals surface area contributed by atoms with Crippen LogP contribution < -0.4 is 5.32 Å². The fourth-order valence-corrected chi connectivity index (χ4v) is 2.40. The highest BCUT2D eigenvalue weighted by atomic mass is 79.9. The van der Waals surface area contributed by atoms with Gasteiger partial charge in [0.25, 0.3) is 5.91 Å². The average Bonchev–Trinajstić information content (AvgIpc) is 2.45. The van der Waals surface area contributed by atoms with Crippen LogP contribution in [0.5, 0.6) is 0 Å². The van der Waals surface area contributed by atoms with Crippen LogP contribution in [0.4, 0.5) is 0 Å². The van der Waals surface area contributed by atoms with Crippen LogP contribution in [-0.2, 0) is 13.2 Å². The zero-order chi connectivity index (χ0) is 14.5. The molecule has 0 aliphatic heterocycles. The fraction of sp³-hybridized carbons (Fsp3) is 0.188. The number of aryl methyl sites for hydroxylation is 1. The van der Waals surface area contributed by atoms with Gasteiger partial charge in [-0.3, -0.25) is 4.79 Å². The summed E-state index contributed by atoms with van der Waals surface area (Å²) in [7, 11) is 0. The molecular formula is C16H16BrNO2. The van der Waals surface area contributed by atoms with Gasteiger partial charge in [-0.05, 0) is 41.8 Å². The summed E-state index contributed by atoms with van der Waals surface area (Å²) in [5, 5.41) is 11.9. The van der Waals surface area contributed by atoms with Crippen LogP contribution in [0.15, 0.2) is 46.9 Å². The highest BCUT2D eigenvalue weighted by Crippen LogP contribution is 2.16. The number of halogens is 1. The molecule has 0 bridgehead atoms. The Morgan fingerprint density at radius 2 is 1.80 bits per heavy atom. The largest absolute Gasteiger partial charge is 0.392 e. The molecule has 0 saturated heterocycles. The van der Waals surface area contributed by atoms with Crippen LogP contribution in [0, 0.1) is 6.92 Å². The molecule has 20 heavy (non-hydrogen) atoms. The first-order valence-electron chi connectivity index (χ1n) is 6.33. The third-order valence-corrected chi connectivity index (χ3v) is 3.58. The molecule has 0 aliphatic carbocycles. The highest BCUT2D eigenvalue weighted by Gasteiger charge is 2.08. The van der Waals surface area contributed by atoms with Crippen LogP contribution in [-0.4, -0.2) is 11.0 Å². The summed E-state index contributed by atoms with van der Waals surface area (Å²) in [4.78, 5) is 12.1. The molecule has 0 aliphatic rings. The number of hydrogen-bond acceptors (Lipinski definition) is 2. The number of aliphatic hydroxyl groups is 1. The van der Waals surface area contributed by atoms with Crippen LogP contribution in [0.25, 0.3) is 0 Å². The minimum Gasteiger partial charge on any atom is -0.392 e. The lowest BCUT2D eigenvalue weighted by Crippen LogP contribution is -2.23. The normalized spacial score (nSPS) is 10.3. The molecule has 0 radical (unpaired) electrons. The Morgan fingerprint density at radius 3 is 2.40 bits per heavy atom. The van der Waals surface area contributed by atoms with E-state index < -0.39 is 0 Å². The average molecular weight is 334 g/mol. The Morgan fingerprint density at radius 1 is 1.15 bits per heavy atom. The maximum absolute atomic E-state index is 12.1. The summed E-state index contributed by atoms with van der Waals surface area (Å²) in [6.07, 6.45) is 0. The van der Waals surface area contributed by atoms with E-state index in [4.69, 9.17) is 5.11 Å². The molecule has 0 heterocycles. The lowest BCUT2D eigenvalue weighted by molar-refractivity contribution is 0.0950. The van der Waals surface area contributed by atoms with E-state index in [-0.39, 0.29) is 12.5 Å². The van der Waals surface area contributed by atoms with E-state index in [2.05, 4.69) is 21.2 Å². The number of nitrogens with one attached hydrogen (secondary N) is 1. The van der Waals surface area contributed by atoms with Gasteiger partial charge >= 0.3 is 0 Å². The van der Waals surface area contributed by atoms with Crippen molar-refractivity contribution in [3.8, 4) is 0 Å². The Labute approximate surface area is 126 Å². The number of hydrogen-bond donors (Lipinski definition) is 2.